The summed E-state index contributed by atoms with van der Waals surface area (Å²) in [6.07, 6.45) is -3.31. The van der Waals surface area contributed by atoms with Gasteiger partial charge in [-0.2, -0.15) is 0 Å². The Bertz CT molecular complexity index is 1470. The Kier molecular flexibility index (Phi) is 8.79. The van der Waals surface area contributed by atoms with Gasteiger partial charge in [0.15, 0.2) is 0 Å². The maximum atomic E-state index is 15.2. The van der Waals surface area contributed by atoms with E-state index in [2.05, 4.69) is 15.6 Å². The lowest BCUT2D eigenvalue weighted by Gasteiger charge is -2.29. The zero-order chi connectivity index (χ0) is 30.8. The SMILES string of the molecule is CC(C)(C)OC(=O)NC[C@@H](F)C[C@@H](CN1Cc2ccccc2-c2c([nH]c3ccc(F)cc23)C1=O)NC(=O)OC(C)(C)C. The van der Waals surface area contributed by atoms with Crippen LogP contribution in [0.3, 0.4) is 0 Å². The van der Waals surface area contributed by atoms with Crippen molar-refractivity contribution in [2.24, 2.45) is 0 Å². The molecule has 1 aliphatic rings. The van der Waals surface area contributed by atoms with E-state index in [1.54, 1.807) is 47.6 Å². The summed E-state index contributed by atoms with van der Waals surface area (Å²) in [5.74, 6) is -0.804. The standard InChI is InChI=1S/C31H38F2N4O5/c1-30(2,3)41-28(39)34-15-20(33)13-21(35-29(40)42-31(4,5)6)17-37-16-18-9-7-8-10-22(18)25-23-14-19(32)11-12-24(23)36-26(25)27(37)38/h7-12,14,20-21,36H,13,15-17H2,1-6H3,(H,34,39)(H,35,40)/t20-,21-/m0/s1. The Labute approximate surface area is 243 Å². The molecule has 1 aromatic heterocycles. The summed E-state index contributed by atoms with van der Waals surface area (Å²) >= 11 is 0. The Hall–Kier alpha value is -4.15. The number of rotatable bonds is 7. The first-order chi connectivity index (χ1) is 19.6. The first kappa shape index (κ1) is 30.8. The number of amides is 3. The normalized spacial score (nSPS) is 14.9. The molecule has 3 N–H and O–H groups in total. The van der Waals surface area contributed by atoms with Crippen molar-refractivity contribution < 1.29 is 32.6 Å². The van der Waals surface area contributed by atoms with Crippen LogP contribution in [0.4, 0.5) is 18.4 Å². The molecule has 2 atom stereocenters. The fourth-order valence-corrected chi connectivity index (χ4v) is 4.91. The van der Waals surface area contributed by atoms with Gasteiger partial charge < -0.3 is 30.0 Å². The average Bonchev–Trinajstić information content (AvgIpc) is 3.18. The third kappa shape index (κ3) is 7.77. The summed E-state index contributed by atoms with van der Waals surface area (Å²) < 4.78 is 40.0. The highest BCUT2D eigenvalue weighted by atomic mass is 19.1. The van der Waals surface area contributed by atoms with E-state index in [0.29, 0.717) is 16.5 Å². The van der Waals surface area contributed by atoms with Crippen molar-refractivity contribution in [3.63, 3.8) is 0 Å². The number of carbonyl (C=O) groups excluding carboxylic acids is 3. The van der Waals surface area contributed by atoms with E-state index in [1.807, 2.05) is 24.3 Å². The summed E-state index contributed by atoms with van der Waals surface area (Å²) in [4.78, 5) is 43.3. The van der Waals surface area contributed by atoms with E-state index in [-0.39, 0.29) is 37.7 Å². The molecule has 0 fully saturated rings. The molecule has 0 aliphatic carbocycles. The summed E-state index contributed by atoms with van der Waals surface area (Å²) in [6.45, 7) is 9.99. The highest BCUT2D eigenvalue weighted by Gasteiger charge is 2.32. The van der Waals surface area contributed by atoms with Crippen molar-refractivity contribution in [1.82, 2.24) is 20.5 Å². The molecular formula is C31H38F2N4O5. The molecule has 9 nitrogen and oxygen atoms in total. The number of aromatic nitrogens is 1. The van der Waals surface area contributed by atoms with E-state index < -0.39 is 41.4 Å². The number of alkyl halides is 1. The number of nitrogens with zero attached hydrogens (tertiary/aromatic N) is 1. The Morgan fingerprint density at radius 3 is 2.38 bits per heavy atom. The molecule has 226 valence electrons. The molecular weight excluding hydrogens is 546 g/mol. The molecule has 3 amide bonds. The number of fused-ring (bicyclic) bond motifs is 5. The molecule has 0 spiro atoms. The van der Waals surface area contributed by atoms with Crippen LogP contribution in [-0.2, 0) is 16.0 Å². The summed E-state index contributed by atoms with van der Waals surface area (Å²) in [6, 6.07) is 10.9. The molecule has 42 heavy (non-hydrogen) atoms. The summed E-state index contributed by atoms with van der Waals surface area (Å²) in [5.41, 5.74) is 1.53. The van der Waals surface area contributed by atoms with Crippen LogP contribution in [0, 0.1) is 5.82 Å². The fourth-order valence-electron chi connectivity index (χ4n) is 4.91. The highest BCUT2D eigenvalue weighted by Crippen LogP contribution is 2.38. The Morgan fingerprint density at radius 2 is 1.69 bits per heavy atom. The molecule has 4 rings (SSSR count). The van der Waals surface area contributed by atoms with Crippen molar-refractivity contribution in [2.75, 3.05) is 13.1 Å². The van der Waals surface area contributed by atoms with Gasteiger partial charge in [-0.25, -0.2) is 18.4 Å². The molecule has 3 aromatic rings. The number of aromatic amines is 1. The average molecular weight is 585 g/mol. The molecule has 0 saturated heterocycles. The van der Waals surface area contributed by atoms with E-state index in [0.717, 1.165) is 11.1 Å². The van der Waals surface area contributed by atoms with Gasteiger partial charge in [0.25, 0.3) is 5.91 Å². The number of halogens is 2. The maximum Gasteiger partial charge on any atom is 0.407 e. The lowest BCUT2D eigenvalue weighted by Crippen LogP contribution is -2.48. The van der Waals surface area contributed by atoms with E-state index in [1.165, 1.54) is 17.0 Å². The van der Waals surface area contributed by atoms with Crippen LogP contribution in [0.25, 0.3) is 22.0 Å². The van der Waals surface area contributed by atoms with Crippen molar-refractivity contribution in [3.8, 4) is 11.1 Å². The van der Waals surface area contributed by atoms with Crippen LogP contribution < -0.4 is 10.6 Å². The Morgan fingerprint density at radius 1 is 1.02 bits per heavy atom. The van der Waals surface area contributed by atoms with Crippen LogP contribution in [0.2, 0.25) is 0 Å². The van der Waals surface area contributed by atoms with Crippen molar-refractivity contribution in [3.05, 3.63) is 59.5 Å². The van der Waals surface area contributed by atoms with E-state index >= 15 is 4.39 Å². The van der Waals surface area contributed by atoms with Crippen LogP contribution in [0.5, 0.6) is 0 Å². The third-order valence-corrected chi connectivity index (χ3v) is 6.48. The van der Waals surface area contributed by atoms with Crippen LogP contribution in [0.1, 0.15) is 64.0 Å². The van der Waals surface area contributed by atoms with Gasteiger partial charge in [0, 0.05) is 36.0 Å². The molecule has 0 unspecified atom stereocenters. The lowest BCUT2D eigenvalue weighted by molar-refractivity contribution is 0.0446. The second-order valence-electron chi connectivity index (χ2n) is 12.5. The minimum absolute atomic E-state index is 0.0531. The smallest absolute Gasteiger partial charge is 0.407 e. The first-order valence-electron chi connectivity index (χ1n) is 13.9. The number of ether oxygens (including phenoxy) is 2. The number of benzene rings is 2. The fraction of sp³-hybridized carbons (Fsp3) is 0.452. The van der Waals surface area contributed by atoms with Gasteiger partial charge in [-0.15, -0.1) is 0 Å². The molecule has 2 aromatic carbocycles. The second-order valence-corrected chi connectivity index (χ2v) is 12.5. The maximum absolute atomic E-state index is 15.2. The van der Waals surface area contributed by atoms with Gasteiger partial charge in [-0.1, -0.05) is 24.3 Å². The molecule has 0 bridgehead atoms. The van der Waals surface area contributed by atoms with Crippen molar-refractivity contribution in [2.45, 2.75) is 77.9 Å². The van der Waals surface area contributed by atoms with Crippen molar-refractivity contribution >= 4 is 29.0 Å². The van der Waals surface area contributed by atoms with Gasteiger partial charge in [-0.05, 0) is 70.9 Å². The monoisotopic (exact) mass is 584 g/mol. The van der Waals surface area contributed by atoms with E-state index in [4.69, 9.17) is 9.47 Å². The predicted molar refractivity (Wildman–Crippen MR) is 155 cm³/mol. The molecule has 0 radical (unpaired) electrons. The minimum Gasteiger partial charge on any atom is -0.444 e. The van der Waals surface area contributed by atoms with Gasteiger partial charge in [-0.3, -0.25) is 4.79 Å². The number of nitrogens with one attached hydrogen (secondary N) is 3. The van der Waals surface area contributed by atoms with E-state index in [9.17, 15) is 18.8 Å². The van der Waals surface area contributed by atoms with Gasteiger partial charge in [0.05, 0.1) is 12.6 Å². The topological polar surface area (TPSA) is 113 Å². The quantitative estimate of drug-likeness (QED) is 0.312. The minimum atomic E-state index is -1.57. The summed E-state index contributed by atoms with van der Waals surface area (Å²) in [7, 11) is 0. The summed E-state index contributed by atoms with van der Waals surface area (Å²) in [5, 5.41) is 5.69. The number of alkyl carbamates (subject to hydrolysis) is 2. The zero-order valence-corrected chi connectivity index (χ0v) is 24.8. The van der Waals surface area contributed by atoms with Gasteiger partial charge in [0.1, 0.15) is 28.9 Å². The molecule has 0 saturated carbocycles. The first-order valence-corrected chi connectivity index (χ1v) is 13.9. The number of H-pyrrole nitrogens is 1. The third-order valence-electron chi connectivity index (χ3n) is 6.48. The number of carbonyl (C=O) groups is 3. The predicted octanol–water partition coefficient (Wildman–Crippen LogP) is 6.08. The van der Waals surface area contributed by atoms with Crippen LogP contribution in [-0.4, -0.2) is 64.5 Å². The lowest BCUT2D eigenvalue weighted by atomic mass is 9.98. The molecule has 11 heteroatoms. The van der Waals surface area contributed by atoms with Crippen LogP contribution >= 0.6 is 0 Å². The zero-order valence-electron chi connectivity index (χ0n) is 24.8. The number of hydrogen-bond acceptors (Lipinski definition) is 5. The number of hydrogen-bond donors (Lipinski definition) is 3. The van der Waals surface area contributed by atoms with Crippen LogP contribution in [0.15, 0.2) is 42.5 Å². The molecule has 2 heterocycles. The molecule has 1 aliphatic heterocycles. The van der Waals surface area contributed by atoms with Gasteiger partial charge in [0.2, 0.25) is 0 Å². The van der Waals surface area contributed by atoms with Crippen molar-refractivity contribution in [1.29, 1.82) is 0 Å². The Balaban J connectivity index is 1.60. The van der Waals surface area contributed by atoms with Gasteiger partial charge >= 0.3 is 12.2 Å². The largest absolute Gasteiger partial charge is 0.444 e. The second kappa shape index (κ2) is 12.0. The highest BCUT2D eigenvalue weighted by molar-refractivity contribution is 6.11.